The minimum Gasteiger partial charge on any atom is -0.463 e. The van der Waals surface area contributed by atoms with Gasteiger partial charge in [-0.2, -0.15) is 13.2 Å². The molecule has 1 atom stereocenters. The average molecular weight is 393 g/mol. The van der Waals surface area contributed by atoms with Crippen molar-refractivity contribution >= 4 is 17.4 Å². The molecule has 1 saturated heterocycles. The summed E-state index contributed by atoms with van der Waals surface area (Å²) in [4.78, 5) is 2.02. The van der Waals surface area contributed by atoms with Crippen LogP contribution in [0.25, 0.3) is 0 Å². The van der Waals surface area contributed by atoms with Gasteiger partial charge < -0.3 is 9.64 Å². The number of hydrogen-bond donors (Lipinski definition) is 0. The van der Waals surface area contributed by atoms with E-state index in [0.717, 1.165) is 50.0 Å². The summed E-state index contributed by atoms with van der Waals surface area (Å²) in [6.45, 7) is 1.74. The SMILES string of the molecule is FC(F)(F)c1ccc(C(CCc2ccccc2)OC(=S)N2CCCC2)cc1. The molecule has 0 aliphatic carbocycles. The number of aryl methyl sites for hydroxylation is 1. The van der Waals surface area contributed by atoms with Crippen LogP contribution in [0.4, 0.5) is 13.2 Å². The molecule has 1 aliphatic rings. The predicted molar refractivity (Wildman–Crippen MR) is 103 cm³/mol. The number of rotatable bonds is 5. The summed E-state index contributed by atoms with van der Waals surface area (Å²) in [6, 6.07) is 15.1. The number of halogens is 3. The van der Waals surface area contributed by atoms with Crippen molar-refractivity contribution < 1.29 is 17.9 Å². The van der Waals surface area contributed by atoms with Gasteiger partial charge in [0.25, 0.3) is 5.17 Å². The summed E-state index contributed by atoms with van der Waals surface area (Å²) in [6.07, 6.45) is -1.15. The Bertz CT molecular complexity index is 740. The van der Waals surface area contributed by atoms with Gasteiger partial charge in [-0.05, 0) is 61.2 Å². The van der Waals surface area contributed by atoms with Crippen molar-refractivity contribution in [3.63, 3.8) is 0 Å². The van der Waals surface area contributed by atoms with E-state index < -0.39 is 11.7 Å². The van der Waals surface area contributed by atoms with Crippen LogP contribution < -0.4 is 0 Å². The second kappa shape index (κ2) is 8.74. The molecule has 0 bridgehead atoms. The monoisotopic (exact) mass is 393 g/mol. The van der Waals surface area contributed by atoms with Crippen LogP contribution in [0.1, 0.15) is 42.1 Å². The molecule has 1 unspecified atom stereocenters. The number of hydrogen-bond acceptors (Lipinski definition) is 2. The molecule has 1 fully saturated rings. The maximum absolute atomic E-state index is 12.8. The summed E-state index contributed by atoms with van der Waals surface area (Å²) >= 11 is 5.43. The Morgan fingerprint density at radius 1 is 1.00 bits per heavy atom. The molecule has 3 rings (SSSR count). The van der Waals surface area contributed by atoms with E-state index in [0.29, 0.717) is 17.2 Å². The summed E-state index contributed by atoms with van der Waals surface area (Å²) in [5.74, 6) is 0. The second-order valence-corrected chi connectivity index (χ2v) is 7.06. The first kappa shape index (κ1) is 19.7. The van der Waals surface area contributed by atoms with E-state index in [-0.39, 0.29) is 6.10 Å². The van der Waals surface area contributed by atoms with Gasteiger partial charge in [-0.3, -0.25) is 0 Å². The zero-order valence-corrected chi connectivity index (χ0v) is 15.7. The van der Waals surface area contributed by atoms with Crippen molar-refractivity contribution in [1.29, 1.82) is 0 Å². The third-order valence-corrected chi connectivity index (χ3v) is 5.11. The Kier molecular flexibility index (Phi) is 6.37. The molecule has 6 heteroatoms. The highest BCUT2D eigenvalue weighted by atomic mass is 32.1. The van der Waals surface area contributed by atoms with Crippen LogP contribution in [0.5, 0.6) is 0 Å². The van der Waals surface area contributed by atoms with Crippen LogP contribution in [-0.2, 0) is 17.3 Å². The lowest BCUT2D eigenvalue weighted by Gasteiger charge is -2.25. The highest BCUT2D eigenvalue weighted by Gasteiger charge is 2.30. The van der Waals surface area contributed by atoms with Gasteiger partial charge in [-0.15, -0.1) is 0 Å². The zero-order valence-electron chi connectivity index (χ0n) is 14.9. The fourth-order valence-electron chi connectivity index (χ4n) is 3.22. The standard InChI is InChI=1S/C21H22F3NOS/c22-21(23,24)18-11-9-17(10-12-18)19(13-8-16-6-2-1-3-7-16)26-20(27)25-14-4-5-15-25/h1-3,6-7,9-12,19H,4-5,8,13-15H2. The molecular weight excluding hydrogens is 371 g/mol. The van der Waals surface area contributed by atoms with Crippen molar-refractivity contribution in [2.75, 3.05) is 13.1 Å². The van der Waals surface area contributed by atoms with Crippen molar-refractivity contribution in [2.24, 2.45) is 0 Å². The molecule has 1 heterocycles. The molecule has 0 saturated carbocycles. The highest BCUT2D eigenvalue weighted by Crippen LogP contribution is 2.32. The van der Waals surface area contributed by atoms with Gasteiger partial charge in [-0.25, -0.2) is 0 Å². The number of thiocarbonyl (C=S) groups is 1. The minimum absolute atomic E-state index is 0.374. The van der Waals surface area contributed by atoms with Crippen LogP contribution in [-0.4, -0.2) is 23.2 Å². The van der Waals surface area contributed by atoms with E-state index in [1.165, 1.54) is 12.1 Å². The molecule has 2 aromatic carbocycles. The van der Waals surface area contributed by atoms with Gasteiger partial charge in [0.15, 0.2) is 0 Å². The molecule has 2 aromatic rings. The van der Waals surface area contributed by atoms with Gasteiger partial charge in [0.05, 0.1) is 5.56 Å². The number of nitrogens with zero attached hydrogens (tertiary/aromatic N) is 1. The lowest BCUT2D eigenvalue weighted by molar-refractivity contribution is -0.137. The molecule has 0 N–H and O–H groups in total. The van der Waals surface area contributed by atoms with E-state index in [1.807, 2.05) is 35.2 Å². The topological polar surface area (TPSA) is 12.5 Å². The Labute approximate surface area is 162 Å². The van der Waals surface area contributed by atoms with Crippen molar-refractivity contribution in [1.82, 2.24) is 4.90 Å². The normalized spacial score (nSPS) is 15.6. The van der Waals surface area contributed by atoms with Crippen LogP contribution >= 0.6 is 12.2 Å². The van der Waals surface area contributed by atoms with E-state index in [1.54, 1.807) is 0 Å². The van der Waals surface area contributed by atoms with Crippen molar-refractivity contribution in [2.45, 2.75) is 38.0 Å². The molecule has 1 aliphatic heterocycles. The van der Waals surface area contributed by atoms with Gasteiger partial charge >= 0.3 is 6.18 Å². The first-order chi connectivity index (χ1) is 12.9. The average Bonchev–Trinajstić information content (AvgIpc) is 3.20. The number of likely N-dealkylation sites (tertiary alicyclic amines) is 1. The van der Waals surface area contributed by atoms with Crippen LogP contribution in [0, 0.1) is 0 Å². The molecule has 0 amide bonds. The Morgan fingerprint density at radius 3 is 2.22 bits per heavy atom. The third kappa shape index (κ3) is 5.45. The fraction of sp³-hybridized carbons (Fsp3) is 0.381. The molecule has 0 spiro atoms. The first-order valence-corrected chi connectivity index (χ1v) is 9.51. The molecule has 0 radical (unpaired) electrons. The van der Waals surface area contributed by atoms with Crippen molar-refractivity contribution in [3.05, 3.63) is 71.3 Å². The largest absolute Gasteiger partial charge is 0.463 e. The van der Waals surface area contributed by atoms with Crippen LogP contribution in [0.3, 0.4) is 0 Å². The van der Waals surface area contributed by atoms with Gasteiger partial charge in [0.2, 0.25) is 0 Å². The maximum Gasteiger partial charge on any atom is 0.416 e. The Balaban J connectivity index is 1.74. The smallest absolute Gasteiger partial charge is 0.416 e. The summed E-state index contributed by atoms with van der Waals surface area (Å²) < 4.78 is 44.6. The fourth-order valence-corrected chi connectivity index (χ4v) is 3.52. The lowest BCUT2D eigenvalue weighted by atomic mass is 10.00. The van der Waals surface area contributed by atoms with Gasteiger partial charge in [0.1, 0.15) is 6.10 Å². The Hall–Kier alpha value is -2.08. The minimum atomic E-state index is -4.34. The van der Waals surface area contributed by atoms with Crippen LogP contribution in [0.15, 0.2) is 54.6 Å². The Morgan fingerprint density at radius 2 is 1.63 bits per heavy atom. The summed E-state index contributed by atoms with van der Waals surface area (Å²) in [5, 5.41) is 0.436. The summed E-state index contributed by atoms with van der Waals surface area (Å²) in [7, 11) is 0. The maximum atomic E-state index is 12.8. The van der Waals surface area contributed by atoms with E-state index in [9.17, 15) is 13.2 Å². The van der Waals surface area contributed by atoms with Crippen molar-refractivity contribution in [3.8, 4) is 0 Å². The van der Waals surface area contributed by atoms with E-state index >= 15 is 0 Å². The number of alkyl halides is 3. The lowest BCUT2D eigenvalue weighted by Crippen LogP contribution is -2.29. The molecule has 144 valence electrons. The highest BCUT2D eigenvalue weighted by molar-refractivity contribution is 7.80. The third-order valence-electron chi connectivity index (χ3n) is 4.76. The van der Waals surface area contributed by atoms with Gasteiger partial charge in [0, 0.05) is 13.1 Å². The first-order valence-electron chi connectivity index (χ1n) is 9.10. The predicted octanol–water partition coefficient (Wildman–Crippen LogP) is 5.78. The molecule has 0 aromatic heterocycles. The van der Waals surface area contributed by atoms with Gasteiger partial charge in [-0.1, -0.05) is 42.5 Å². The molecule has 27 heavy (non-hydrogen) atoms. The summed E-state index contributed by atoms with van der Waals surface area (Å²) in [5.41, 5.74) is 1.21. The quantitative estimate of drug-likeness (QED) is 0.598. The number of ether oxygens (including phenoxy) is 1. The van der Waals surface area contributed by atoms with Crippen LogP contribution in [0.2, 0.25) is 0 Å². The number of benzene rings is 2. The van der Waals surface area contributed by atoms with E-state index in [2.05, 4.69) is 0 Å². The zero-order chi connectivity index (χ0) is 19.3. The second-order valence-electron chi connectivity index (χ2n) is 6.71. The van der Waals surface area contributed by atoms with E-state index in [4.69, 9.17) is 17.0 Å². The molecular formula is C21H22F3NOS. The molecule has 2 nitrogen and oxygen atoms in total.